The lowest BCUT2D eigenvalue weighted by atomic mass is 9.96. The fourth-order valence-electron chi connectivity index (χ4n) is 4.48. The van der Waals surface area contributed by atoms with Crippen molar-refractivity contribution in [3.63, 3.8) is 0 Å². The van der Waals surface area contributed by atoms with Gasteiger partial charge in [-0.1, -0.05) is 55.5 Å². The van der Waals surface area contributed by atoms with Gasteiger partial charge in [-0.2, -0.15) is 0 Å². The number of hydrogen-bond acceptors (Lipinski definition) is 4. The van der Waals surface area contributed by atoms with Crippen molar-refractivity contribution >= 4 is 11.6 Å². The van der Waals surface area contributed by atoms with Crippen molar-refractivity contribution in [1.82, 2.24) is 4.90 Å². The van der Waals surface area contributed by atoms with E-state index in [0.717, 1.165) is 55.8 Å². The van der Waals surface area contributed by atoms with Crippen LogP contribution < -0.4 is 5.32 Å². The molecule has 2 saturated heterocycles. The highest BCUT2D eigenvalue weighted by atomic mass is 16.6. The summed E-state index contributed by atoms with van der Waals surface area (Å²) < 4.78 is 12.5. The Hall–Kier alpha value is -2.21. The van der Waals surface area contributed by atoms with Crippen LogP contribution in [0.2, 0.25) is 0 Å². The van der Waals surface area contributed by atoms with E-state index in [1.54, 1.807) is 0 Å². The topological polar surface area (TPSA) is 50.8 Å². The number of nitrogens with one attached hydrogen (secondary N) is 1. The third-order valence-corrected chi connectivity index (χ3v) is 5.97. The lowest BCUT2D eigenvalue weighted by Crippen LogP contribution is -2.42. The maximum absolute atomic E-state index is 12.7. The first-order valence-corrected chi connectivity index (χ1v) is 10.6. The molecule has 2 aromatic rings. The number of likely N-dealkylation sites (tertiary alicyclic amines) is 1. The molecule has 2 heterocycles. The molecule has 2 aliphatic rings. The van der Waals surface area contributed by atoms with Crippen molar-refractivity contribution in [3.05, 3.63) is 65.7 Å². The Morgan fingerprint density at radius 3 is 2.76 bits per heavy atom. The van der Waals surface area contributed by atoms with Gasteiger partial charge in [0.1, 0.15) is 11.7 Å². The molecule has 5 heteroatoms. The van der Waals surface area contributed by atoms with Gasteiger partial charge in [0, 0.05) is 25.4 Å². The van der Waals surface area contributed by atoms with Crippen LogP contribution in [0.25, 0.3) is 0 Å². The average Bonchev–Trinajstić information content (AvgIpc) is 3.34. The van der Waals surface area contributed by atoms with Gasteiger partial charge in [0.05, 0.1) is 13.2 Å². The highest BCUT2D eigenvalue weighted by molar-refractivity contribution is 5.93. The smallest absolute Gasteiger partial charge is 0.238 e. The van der Waals surface area contributed by atoms with Gasteiger partial charge in [0.2, 0.25) is 5.91 Å². The molecular weight excluding hydrogens is 364 g/mol. The van der Waals surface area contributed by atoms with Crippen LogP contribution in [0, 0.1) is 0 Å². The van der Waals surface area contributed by atoms with Crippen LogP contribution in [0.15, 0.2) is 54.6 Å². The molecule has 5 nitrogen and oxygen atoms in total. The van der Waals surface area contributed by atoms with Crippen molar-refractivity contribution in [2.75, 3.05) is 31.6 Å². The molecule has 154 valence electrons. The van der Waals surface area contributed by atoms with E-state index < -0.39 is 0 Å². The zero-order chi connectivity index (χ0) is 20.1. The lowest BCUT2D eigenvalue weighted by molar-refractivity contribution is -0.117. The van der Waals surface area contributed by atoms with E-state index in [1.165, 1.54) is 0 Å². The first kappa shape index (κ1) is 20.1. The lowest BCUT2D eigenvalue weighted by Gasteiger charge is -2.29. The first-order chi connectivity index (χ1) is 14.2. The van der Waals surface area contributed by atoms with E-state index in [1.807, 2.05) is 36.4 Å². The molecule has 0 bridgehead atoms. The van der Waals surface area contributed by atoms with Crippen LogP contribution >= 0.6 is 0 Å². The number of amides is 1. The fourth-order valence-corrected chi connectivity index (χ4v) is 4.48. The van der Waals surface area contributed by atoms with Gasteiger partial charge < -0.3 is 14.8 Å². The van der Waals surface area contributed by atoms with Gasteiger partial charge in [0.15, 0.2) is 0 Å². The minimum Gasteiger partial charge on any atom is -0.371 e. The third kappa shape index (κ3) is 4.69. The molecule has 0 saturated carbocycles. The van der Waals surface area contributed by atoms with Crippen LogP contribution in [0.4, 0.5) is 5.69 Å². The van der Waals surface area contributed by atoms with Gasteiger partial charge in [-0.25, -0.2) is 0 Å². The Kier molecular flexibility index (Phi) is 6.28. The first-order valence-electron chi connectivity index (χ1n) is 10.6. The van der Waals surface area contributed by atoms with Gasteiger partial charge in [-0.3, -0.25) is 9.69 Å². The fraction of sp³-hybridized carbons (Fsp3) is 0.458. The molecule has 1 N–H and O–H groups in total. The normalized spacial score (nSPS) is 24.2. The van der Waals surface area contributed by atoms with E-state index in [-0.39, 0.29) is 17.6 Å². The Morgan fingerprint density at radius 2 is 2.00 bits per heavy atom. The molecule has 2 aromatic carbocycles. The second-order valence-corrected chi connectivity index (χ2v) is 8.03. The summed E-state index contributed by atoms with van der Waals surface area (Å²) in [5.74, 6) is 0.0164. The van der Waals surface area contributed by atoms with Crippen LogP contribution in [0.5, 0.6) is 0 Å². The monoisotopic (exact) mass is 394 g/mol. The highest BCUT2D eigenvalue weighted by Gasteiger charge is 2.50. The molecule has 0 unspecified atom stereocenters. The molecule has 0 radical (unpaired) electrons. The predicted octanol–water partition coefficient (Wildman–Crippen LogP) is 3.64. The van der Waals surface area contributed by atoms with Crippen LogP contribution in [-0.4, -0.2) is 48.8 Å². The summed E-state index contributed by atoms with van der Waals surface area (Å²) in [6, 6.07) is 18.2. The minimum absolute atomic E-state index is 0.0130. The van der Waals surface area contributed by atoms with Crippen molar-refractivity contribution in [1.29, 1.82) is 0 Å². The van der Waals surface area contributed by atoms with Crippen molar-refractivity contribution in [2.24, 2.45) is 0 Å². The quantitative estimate of drug-likeness (QED) is 0.779. The van der Waals surface area contributed by atoms with E-state index in [4.69, 9.17) is 9.47 Å². The number of hydrogen-bond donors (Lipinski definition) is 1. The van der Waals surface area contributed by atoms with E-state index in [0.29, 0.717) is 13.2 Å². The van der Waals surface area contributed by atoms with Gasteiger partial charge in [0.25, 0.3) is 0 Å². The maximum atomic E-state index is 12.7. The van der Waals surface area contributed by atoms with Crippen LogP contribution in [-0.2, 0) is 27.3 Å². The van der Waals surface area contributed by atoms with E-state index in [9.17, 15) is 4.79 Å². The Morgan fingerprint density at radius 1 is 1.21 bits per heavy atom. The highest BCUT2D eigenvalue weighted by Crippen LogP contribution is 2.37. The average molecular weight is 395 g/mol. The van der Waals surface area contributed by atoms with Gasteiger partial charge >= 0.3 is 0 Å². The summed E-state index contributed by atoms with van der Waals surface area (Å²) in [4.78, 5) is 14.9. The van der Waals surface area contributed by atoms with Crippen molar-refractivity contribution < 1.29 is 14.3 Å². The molecule has 29 heavy (non-hydrogen) atoms. The number of aryl methyl sites for hydroxylation is 1. The molecular formula is C24H30N2O3. The summed E-state index contributed by atoms with van der Waals surface area (Å²) >= 11 is 0. The van der Waals surface area contributed by atoms with E-state index >= 15 is 0 Å². The zero-order valence-electron chi connectivity index (χ0n) is 17.1. The molecule has 0 aromatic heterocycles. The maximum Gasteiger partial charge on any atom is 0.238 e. The minimum atomic E-state index is -0.281. The molecule has 2 atom stereocenters. The molecule has 0 aliphatic carbocycles. The molecule has 4 rings (SSSR count). The number of anilines is 1. The number of rotatable bonds is 7. The molecule has 2 fully saturated rings. The second-order valence-electron chi connectivity index (χ2n) is 8.03. The number of nitrogens with zero attached hydrogens (tertiary/aromatic N) is 1. The number of carbonyl (C=O) groups is 1. The third-order valence-electron chi connectivity index (χ3n) is 5.97. The summed E-state index contributed by atoms with van der Waals surface area (Å²) in [6.07, 6.45) is 2.92. The largest absolute Gasteiger partial charge is 0.371 e. The predicted molar refractivity (Wildman–Crippen MR) is 114 cm³/mol. The standard InChI is InChI=1S/C24H30N2O3/c1-2-20-11-6-7-12-21(20)25-23(27)16-26-15-22(24(18-26)13-8-14-29-24)28-17-19-9-4-3-5-10-19/h3-7,9-12,22H,2,8,13-18H2,1H3,(H,25,27)/t22-,24-/m0/s1. The number of ether oxygens (including phenoxy) is 2. The molecule has 1 spiro atoms. The number of carbonyl (C=O) groups excluding carboxylic acids is 1. The summed E-state index contributed by atoms with van der Waals surface area (Å²) in [5.41, 5.74) is 2.94. The van der Waals surface area contributed by atoms with Crippen molar-refractivity contribution in [3.8, 4) is 0 Å². The van der Waals surface area contributed by atoms with Gasteiger partial charge in [-0.15, -0.1) is 0 Å². The van der Waals surface area contributed by atoms with Gasteiger partial charge in [-0.05, 0) is 36.5 Å². The Balaban J connectivity index is 1.38. The Bertz CT molecular complexity index is 818. The van der Waals surface area contributed by atoms with Crippen LogP contribution in [0.1, 0.15) is 30.9 Å². The molecule has 2 aliphatic heterocycles. The molecule has 1 amide bonds. The van der Waals surface area contributed by atoms with E-state index in [2.05, 4.69) is 35.3 Å². The summed E-state index contributed by atoms with van der Waals surface area (Å²) in [6.45, 7) is 5.26. The summed E-state index contributed by atoms with van der Waals surface area (Å²) in [5, 5.41) is 3.08. The Labute approximate surface area is 173 Å². The number of para-hydroxylation sites is 1. The number of benzene rings is 2. The summed E-state index contributed by atoms with van der Waals surface area (Å²) in [7, 11) is 0. The van der Waals surface area contributed by atoms with Crippen LogP contribution in [0.3, 0.4) is 0 Å². The zero-order valence-corrected chi connectivity index (χ0v) is 17.1. The van der Waals surface area contributed by atoms with Crippen molar-refractivity contribution in [2.45, 2.75) is 44.5 Å². The second kappa shape index (κ2) is 9.08. The SMILES string of the molecule is CCc1ccccc1NC(=O)CN1C[C@H](OCc2ccccc2)[C@]2(CCCO2)C1.